The van der Waals surface area contributed by atoms with Crippen molar-refractivity contribution in [3.05, 3.63) is 122 Å². The van der Waals surface area contributed by atoms with Crippen molar-refractivity contribution in [2.45, 2.75) is 135 Å². The summed E-state index contributed by atoms with van der Waals surface area (Å²) >= 11 is 0. The lowest BCUT2D eigenvalue weighted by atomic mass is 10.1. The Balaban J connectivity index is 4.75. The first-order valence-electron chi connectivity index (χ1n) is 22.6. The summed E-state index contributed by atoms with van der Waals surface area (Å²) < 4.78 is 33.6. The minimum absolute atomic E-state index is 0.0943. The number of rotatable bonds is 38. The topological polar surface area (TPSA) is 172 Å². The molecule has 13 heteroatoms. The lowest BCUT2D eigenvalue weighted by Crippen LogP contribution is -2.37. The molecule has 0 bridgehead atoms. The van der Waals surface area contributed by atoms with Gasteiger partial charge in [0, 0.05) is 12.8 Å². The molecule has 0 spiro atoms. The standard InChI is InChI=1S/C50H80NO11P/c1-6-8-10-11-12-13-14-15-16-17-18-19-20-21-22-23-24-29-33-39-50(56)62-46(44-61-63(57,58)60-42-41-51(3,4)5)43-59-49(55)40-34-38-48(54)47(53)37-32-28-26-25-27-31-36-45(52)35-30-9-7-2/h8-10,12-13,15-16,18-19,21-22,25-28,30-32,36-37,45-48,52-54H,6-7,11,14,17,20,23-24,29,33-35,38-44H2,1-5H3/b10-8-,13-12-,16-15-,19-18-,22-21-,27-25+,28-26-,30-9-,36-31+,37-32-/t45-,46-,47+,48+/m1/s1. The quantitative estimate of drug-likeness (QED) is 0.0135. The molecule has 63 heavy (non-hydrogen) atoms. The number of hydrogen-bond acceptors (Lipinski definition) is 11. The Bertz CT molecular complexity index is 1530. The fraction of sp³-hybridized carbons (Fsp3) is 0.560. The smallest absolute Gasteiger partial charge is 0.306 e. The Morgan fingerprint density at radius 1 is 0.635 bits per heavy atom. The van der Waals surface area contributed by atoms with Gasteiger partial charge in [0.2, 0.25) is 0 Å². The number of ether oxygens (including phenoxy) is 2. The van der Waals surface area contributed by atoms with E-state index >= 15 is 0 Å². The molecule has 1 unspecified atom stereocenters. The molecule has 0 saturated carbocycles. The van der Waals surface area contributed by atoms with E-state index in [9.17, 15) is 34.4 Å². The van der Waals surface area contributed by atoms with Crippen LogP contribution in [0, 0.1) is 0 Å². The fourth-order valence-corrected chi connectivity index (χ4v) is 5.93. The van der Waals surface area contributed by atoms with Gasteiger partial charge in [0.25, 0.3) is 7.82 Å². The van der Waals surface area contributed by atoms with Gasteiger partial charge in [-0.25, -0.2) is 0 Å². The summed E-state index contributed by atoms with van der Waals surface area (Å²) in [5, 5.41) is 30.5. The summed E-state index contributed by atoms with van der Waals surface area (Å²) in [6.07, 6.45) is 44.6. The van der Waals surface area contributed by atoms with Gasteiger partial charge in [-0.15, -0.1) is 0 Å². The Hall–Kier alpha value is -3.71. The van der Waals surface area contributed by atoms with Crippen molar-refractivity contribution in [1.29, 1.82) is 0 Å². The molecule has 0 amide bonds. The molecular weight excluding hydrogens is 822 g/mol. The van der Waals surface area contributed by atoms with Gasteiger partial charge in [0.05, 0.1) is 46.1 Å². The molecule has 5 atom stereocenters. The normalized spacial score (nSPS) is 16.1. The minimum Gasteiger partial charge on any atom is -0.756 e. The third-order valence-electron chi connectivity index (χ3n) is 8.82. The van der Waals surface area contributed by atoms with Crippen molar-refractivity contribution in [3.8, 4) is 0 Å². The number of nitrogens with zero attached hydrogens (tertiary/aromatic N) is 1. The van der Waals surface area contributed by atoms with Crippen molar-refractivity contribution in [2.24, 2.45) is 0 Å². The number of aliphatic hydroxyl groups excluding tert-OH is 3. The van der Waals surface area contributed by atoms with Crippen LogP contribution in [0.2, 0.25) is 0 Å². The number of carbonyl (C=O) groups is 2. The van der Waals surface area contributed by atoms with Gasteiger partial charge in [-0.05, 0) is 77.0 Å². The van der Waals surface area contributed by atoms with Crippen LogP contribution in [-0.2, 0) is 32.7 Å². The Morgan fingerprint density at radius 2 is 1.17 bits per heavy atom. The Morgan fingerprint density at radius 3 is 1.78 bits per heavy atom. The number of allylic oxidation sites excluding steroid dienone is 17. The molecule has 12 nitrogen and oxygen atoms in total. The molecule has 0 aromatic heterocycles. The number of likely N-dealkylation sites (N-methyl/N-ethyl adjacent to an activating group) is 1. The van der Waals surface area contributed by atoms with E-state index in [-0.39, 0.29) is 32.3 Å². The van der Waals surface area contributed by atoms with Crippen molar-refractivity contribution in [2.75, 3.05) is 47.5 Å². The van der Waals surface area contributed by atoms with E-state index in [0.717, 1.165) is 57.8 Å². The molecule has 0 aliphatic carbocycles. The first-order valence-corrected chi connectivity index (χ1v) is 24.0. The maximum atomic E-state index is 12.7. The lowest BCUT2D eigenvalue weighted by molar-refractivity contribution is -0.870. The summed E-state index contributed by atoms with van der Waals surface area (Å²) in [4.78, 5) is 37.6. The number of hydrogen-bond donors (Lipinski definition) is 3. The Labute approximate surface area is 379 Å². The molecule has 0 aliphatic rings. The maximum Gasteiger partial charge on any atom is 0.306 e. The number of phosphoric acid groups is 1. The first-order chi connectivity index (χ1) is 30.2. The molecule has 0 fully saturated rings. The molecule has 3 N–H and O–H groups in total. The predicted molar refractivity (Wildman–Crippen MR) is 253 cm³/mol. The number of carbonyl (C=O) groups excluding carboxylic acids is 2. The second-order valence-corrected chi connectivity index (χ2v) is 17.3. The van der Waals surface area contributed by atoms with E-state index in [1.807, 2.05) is 40.2 Å². The van der Waals surface area contributed by atoms with Crippen molar-refractivity contribution in [1.82, 2.24) is 0 Å². The second-order valence-electron chi connectivity index (χ2n) is 15.9. The predicted octanol–water partition coefficient (Wildman–Crippen LogP) is 9.19. The van der Waals surface area contributed by atoms with Gasteiger partial charge >= 0.3 is 11.9 Å². The number of aliphatic hydroxyl groups is 3. The monoisotopic (exact) mass is 902 g/mol. The van der Waals surface area contributed by atoms with E-state index in [1.165, 1.54) is 6.08 Å². The zero-order valence-corrected chi connectivity index (χ0v) is 39.7. The summed E-state index contributed by atoms with van der Waals surface area (Å²) in [6, 6.07) is 0. The van der Waals surface area contributed by atoms with Gasteiger partial charge in [-0.3, -0.25) is 14.2 Å². The van der Waals surface area contributed by atoms with Crippen LogP contribution < -0.4 is 4.89 Å². The average molecular weight is 902 g/mol. The first kappa shape index (κ1) is 59.3. The maximum absolute atomic E-state index is 12.7. The van der Waals surface area contributed by atoms with Crippen LogP contribution in [0.5, 0.6) is 0 Å². The average Bonchev–Trinajstić information content (AvgIpc) is 3.23. The van der Waals surface area contributed by atoms with Gasteiger partial charge in [-0.1, -0.05) is 142 Å². The van der Waals surface area contributed by atoms with Gasteiger partial charge < -0.3 is 43.2 Å². The summed E-state index contributed by atoms with van der Waals surface area (Å²) in [5.74, 6) is -1.22. The molecule has 0 radical (unpaired) electrons. The van der Waals surface area contributed by atoms with Crippen LogP contribution in [0.25, 0.3) is 0 Å². The second kappa shape index (κ2) is 39.8. The Kier molecular flexibility index (Phi) is 37.5. The van der Waals surface area contributed by atoms with Gasteiger partial charge in [0.1, 0.15) is 19.8 Å². The van der Waals surface area contributed by atoms with E-state index in [2.05, 4.69) is 67.7 Å². The largest absolute Gasteiger partial charge is 0.756 e. The highest BCUT2D eigenvalue weighted by Gasteiger charge is 2.22. The summed E-state index contributed by atoms with van der Waals surface area (Å²) in [5.41, 5.74) is 0. The van der Waals surface area contributed by atoms with Crippen LogP contribution >= 0.6 is 7.82 Å². The number of quaternary nitrogens is 1. The fourth-order valence-electron chi connectivity index (χ4n) is 5.20. The van der Waals surface area contributed by atoms with Gasteiger partial charge in [-0.2, -0.15) is 0 Å². The third-order valence-corrected chi connectivity index (χ3v) is 9.78. The zero-order valence-electron chi connectivity index (χ0n) is 38.8. The molecule has 0 aliphatic heterocycles. The minimum atomic E-state index is -4.73. The van der Waals surface area contributed by atoms with Crippen LogP contribution in [0.15, 0.2) is 122 Å². The van der Waals surface area contributed by atoms with E-state index in [4.69, 9.17) is 18.5 Å². The van der Waals surface area contributed by atoms with Crippen molar-refractivity contribution >= 4 is 19.8 Å². The molecule has 0 saturated heterocycles. The van der Waals surface area contributed by atoms with Gasteiger partial charge in [0.15, 0.2) is 6.10 Å². The number of unbranched alkanes of at least 4 members (excludes halogenated alkanes) is 3. The van der Waals surface area contributed by atoms with Crippen LogP contribution in [-0.4, -0.2) is 104 Å². The van der Waals surface area contributed by atoms with Crippen LogP contribution in [0.3, 0.4) is 0 Å². The van der Waals surface area contributed by atoms with Crippen molar-refractivity contribution < 1.29 is 57.4 Å². The molecular formula is C50H80NO11P. The van der Waals surface area contributed by atoms with Crippen LogP contribution in [0.1, 0.15) is 110 Å². The van der Waals surface area contributed by atoms with Crippen molar-refractivity contribution in [3.63, 3.8) is 0 Å². The zero-order chi connectivity index (χ0) is 46.9. The van der Waals surface area contributed by atoms with Crippen LogP contribution in [0.4, 0.5) is 0 Å². The molecule has 356 valence electrons. The van der Waals surface area contributed by atoms with E-state index in [1.54, 1.807) is 42.5 Å². The molecule has 0 rings (SSSR count). The number of phosphoric ester groups is 1. The highest BCUT2D eigenvalue weighted by molar-refractivity contribution is 7.45. The summed E-state index contributed by atoms with van der Waals surface area (Å²) in [6.45, 7) is 3.44. The third kappa shape index (κ3) is 42.0. The number of esters is 2. The molecule has 0 heterocycles. The molecule has 0 aromatic rings. The highest BCUT2D eigenvalue weighted by atomic mass is 31.2. The highest BCUT2D eigenvalue weighted by Crippen LogP contribution is 2.38. The SMILES string of the molecule is CC/C=C\C/C=C\C/C=C\C/C=C\C/C=C\CCCCCC(=O)O[C@H](COC(=O)CCC[C@H](O)[C@@H](O)\C=C/C=C\C=C\C=C\[C@H](O)C/C=C\CC)COP(=O)([O-])OCC[N+](C)(C)C. The summed E-state index contributed by atoms with van der Waals surface area (Å²) in [7, 11) is 0.926. The molecule has 0 aromatic carbocycles. The lowest BCUT2D eigenvalue weighted by Gasteiger charge is -2.28. The van der Waals surface area contributed by atoms with E-state index in [0.29, 0.717) is 23.9 Å². The van der Waals surface area contributed by atoms with E-state index < -0.39 is 57.4 Å².